The summed E-state index contributed by atoms with van der Waals surface area (Å²) in [6.45, 7) is 8.67. The summed E-state index contributed by atoms with van der Waals surface area (Å²) < 4.78 is 17.0. The van der Waals surface area contributed by atoms with Crippen molar-refractivity contribution >= 4 is 32.6 Å². The fraction of sp³-hybridized carbons (Fsp3) is 0.500. The second-order valence-corrected chi connectivity index (χ2v) is 8.34. The second-order valence-electron chi connectivity index (χ2n) is 5.14. The number of hydrogen-bond donors (Lipinski definition) is 0. The Hall–Kier alpha value is -1.15. The molecule has 0 aliphatic heterocycles. The van der Waals surface area contributed by atoms with Gasteiger partial charge in [-0.05, 0) is 0 Å². The summed E-state index contributed by atoms with van der Waals surface area (Å²) in [6.07, 6.45) is -0.181. The minimum absolute atomic E-state index is 0.181. The molecule has 0 fully saturated rings. The van der Waals surface area contributed by atoms with Gasteiger partial charge in [-0.3, -0.25) is 0 Å². The van der Waals surface area contributed by atoms with E-state index in [-0.39, 0.29) is 12.0 Å². The summed E-state index contributed by atoms with van der Waals surface area (Å²) in [5.41, 5.74) is 1.93. The van der Waals surface area contributed by atoms with Crippen LogP contribution in [0.25, 0.3) is 0 Å². The van der Waals surface area contributed by atoms with Gasteiger partial charge in [0, 0.05) is 0 Å². The van der Waals surface area contributed by atoms with Crippen LogP contribution < -0.4 is 0 Å². The van der Waals surface area contributed by atoms with Gasteiger partial charge in [0.1, 0.15) is 0 Å². The van der Waals surface area contributed by atoms with E-state index < -0.39 is 32.6 Å². The van der Waals surface area contributed by atoms with E-state index in [0.29, 0.717) is 0 Å². The summed E-state index contributed by atoms with van der Waals surface area (Å²) in [5, 5.41) is 0. The number of rotatable bonds is 6. The first-order valence-electron chi connectivity index (χ1n) is 7.01. The van der Waals surface area contributed by atoms with Gasteiger partial charge in [0.2, 0.25) is 0 Å². The Bertz CT molecular complexity index is 525. The molecule has 0 N–H and O–H groups in total. The van der Waals surface area contributed by atoms with Gasteiger partial charge < -0.3 is 0 Å². The first kappa shape index (κ1) is 18.9. The summed E-state index contributed by atoms with van der Waals surface area (Å²) in [7, 11) is 1.62. The molecule has 0 saturated heterocycles. The average Bonchev–Trinajstić information content (AvgIpc) is 2.43. The Morgan fingerprint density at radius 3 is 1.91 bits per heavy atom. The van der Waals surface area contributed by atoms with Gasteiger partial charge in [-0.25, -0.2) is 0 Å². The van der Waals surface area contributed by atoms with Crippen LogP contribution in [0.5, 0.6) is 0 Å². The van der Waals surface area contributed by atoms with Crippen molar-refractivity contribution in [1.29, 1.82) is 0 Å². The minimum atomic E-state index is -2.90. The van der Waals surface area contributed by atoms with E-state index >= 15 is 0 Å². The van der Waals surface area contributed by atoms with Crippen molar-refractivity contribution in [2.45, 2.75) is 46.6 Å². The summed E-state index contributed by atoms with van der Waals surface area (Å²) in [6, 6.07) is 5.84. The summed E-state index contributed by atoms with van der Waals surface area (Å²) in [5.74, 6) is -0.674. The van der Waals surface area contributed by atoms with Gasteiger partial charge in [0.15, 0.2) is 0 Å². The molecular formula is C16H23IO5. The Labute approximate surface area is 139 Å². The fourth-order valence-electron chi connectivity index (χ4n) is 1.92. The van der Waals surface area contributed by atoms with Gasteiger partial charge in [-0.1, -0.05) is 0 Å². The average molecular weight is 422 g/mol. The zero-order valence-electron chi connectivity index (χ0n) is 13.8. The van der Waals surface area contributed by atoms with Crippen LogP contribution in [-0.4, -0.2) is 19.0 Å². The molecule has 124 valence electrons. The maximum atomic E-state index is 11.4. The summed E-state index contributed by atoms with van der Waals surface area (Å²) in [4.78, 5) is 22.9. The van der Waals surface area contributed by atoms with E-state index in [1.54, 1.807) is 7.11 Å². The SMILES string of the molecule is COC(C)c1cccc(C(C)C)c1I(OC(C)=O)OC(C)=O. The molecule has 0 aliphatic carbocycles. The van der Waals surface area contributed by atoms with Crippen LogP contribution in [-0.2, 0) is 20.5 Å². The van der Waals surface area contributed by atoms with Crippen molar-refractivity contribution in [3.05, 3.63) is 32.9 Å². The van der Waals surface area contributed by atoms with E-state index in [1.165, 1.54) is 13.8 Å². The van der Waals surface area contributed by atoms with Crippen molar-refractivity contribution < 1.29 is 20.5 Å². The van der Waals surface area contributed by atoms with Crippen LogP contribution in [0.2, 0.25) is 0 Å². The first-order valence-corrected chi connectivity index (χ1v) is 9.85. The van der Waals surface area contributed by atoms with E-state index in [9.17, 15) is 9.59 Å². The number of methoxy groups -OCH3 is 1. The van der Waals surface area contributed by atoms with Crippen LogP contribution in [0.15, 0.2) is 18.2 Å². The maximum absolute atomic E-state index is 11.4. The molecule has 0 amide bonds. The molecule has 0 radical (unpaired) electrons. The zero-order chi connectivity index (χ0) is 16.9. The first-order chi connectivity index (χ1) is 10.3. The molecule has 0 spiro atoms. The van der Waals surface area contributed by atoms with Crippen LogP contribution in [0.4, 0.5) is 0 Å². The number of ether oxygens (including phenoxy) is 1. The standard InChI is InChI=1S/C16H23IO5/c1-10(2)14-8-7-9-15(11(3)20-6)16(14)17(21-12(4)18)22-13(5)19/h7-11H,1-6H3. The van der Waals surface area contributed by atoms with Gasteiger partial charge in [-0.15, -0.1) is 0 Å². The van der Waals surface area contributed by atoms with Crippen molar-refractivity contribution in [2.24, 2.45) is 0 Å². The van der Waals surface area contributed by atoms with Crippen LogP contribution in [0.1, 0.15) is 57.8 Å². The Morgan fingerprint density at radius 1 is 1.00 bits per heavy atom. The molecule has 0 heterocycles. The quantitative estimate of drug-likeness (QED) is 0.645. The van der Waals surface area contributed by atoms with Gasteiger partial charge in [0.05, 0.1) is 0 Å². The van der Waals surface area contributed by atoms with E-state index in [0.717, 1.165) is 14.7 Å². The third-order valence-electron chi connectivity index (χ3n) is 2.98. The van der Waals surface area contributed by atoms with E-state index in [1.807, 2.05) is 25.1 Å². The normalized spacial score (nSPS) is 12.8. The van der Waals surface area contributed by atoms with Crippen molar-refractivity contribution in [3.63, 3.8) is 0 Å². The van der Waals surface area contributed by atoms with E-state index in [2.05, 4.69) is 13.8 Å². The molecule has 1 rings (SSSR count). The van der Waals surface area contributed by atoms with Crippen molar-refractivity contribution in [1.82, 2.24) is 0 Å². The third-order valence-corrected chi connectivity index (χ3v) is 7.15. The van der Waals surface area contributed by atoms with Gasteiger partial charge in [0.25, 0.3) is 0 Å². The predicted molar refractivity (Wildman–Crippen MR) is 92.2 cm³/mol. The van der Waals surface area contributed by atoms with Gasteiger partial charge >= 0.3 is 140 Å². The molecule has 0 aromatic heterocycles. The van der Waals surface area contributed by atoms with Gasteiger partial charge in [-0.2, -0.15) is 0 Å². The molecule has 5 nitrogen and oxygen atoms in total. The predicted octanol–water partition coefficient (Wildman–Crippen LogP) is 4.15. The van der Waals surface area contributed by atoms with Crippen LogP contribution >= 0.6 is 20.6 Å². The fourth-order valence-corrected chi connectivity index (χ4v) is 6.02. The molecular weight excluding hydrogens is 399 g/mol. The van der Waals surface area contributed by atoms with E-state index in [4.69, 9.17) is 10.9 Å². The van der Waals surface area contributed by atoms with Crippen LogP contribution in [0.3, 0.4) is 0 Å². The summed E-state index contributed by atoms with van der Waals surface area (Å²) >= 11 is -2.90. The molecule has 1 atom stereocenters. The molecule has 0 saturated carbocycles. The number of benzene rings is 1. The molecule has 22 heavy (non-hydrogen) atoms. The molecule has 0 aliphatic rings. The topological polar surface area (TPSA) is 61.8 Å². The number of carbonyl (C=O) groups excluding carboxylic acids is 2. The number of hydrogen-bond acceptors (Lipinski definition) is 5. The Balaban J connectivity index is 3.47. The van der Waals surface area contributed by atoms with Crippen molar-refractivity contribution in [2.75, 3.05) is 7.11 Å². The monoisotopic (exact) mass is 422 g/mol. The Kier molecular flexibility index (Phi) is 7.28. The third kappa shape index (κ3) is 4.95. The molecule has 1 aromatic rings. The Morgan fingerprint density at radius 2 is 1.50 bits per heavy atom. The number of halogens is 1. The second kappa shape index (κ2) is 8.47. The molecule has 6 heteroatoms. The molecule has 1 unspecified atom stereocenters. The number of carbonyl (C=O) groups is 2. The van der Waals surface area contributed by atoms with Crippen LogP contribution in [0, 0.1) is 3.57 Å². The molecule has 1 aromatic carbocycles. The van der Waals surface area contributed by atoms with Crippen molar-refractivity contribution in [3.8, 4) is 0 Å². The molecule has 0 bridgehead atoms. The zero-order valence-corrected chi connectivity index (χ0v) is 16.0.